The molecule has 0 fully saturated rings. The highest BCUT2D eigenvalue weighted by atomic mass is 35.5. The number of benzene rings is 1. The minimum Gasteiger partial charge on any atom is -0.399 e. The van der Waals surface area contributed by atoms with Crippen molar-refractivity contribution >= 4 is 17.3 Å². The predicted molar refractivity (Wildman–Crippen MR) is 72.4 cm³/mol. The van der Waals surface area contributed by atoms with E-state index in [4.69, 9.17) is 23.2 Å². The molecular weight excluding hydrogens is 241 g/mol. The van der Waals surface area contributed by atoms with E-state index in [1.165, 1.54) is 11.2 Å². The standard InChI is InChI=1S/C10H13ClFN3.C2H6/c1-7-4-8(11)2-3-10(7)15(14)6-9(13)5-12;1-2/h2-4,6H,5,13-14H2,1H3;1-2H3/b9-6-;. The number of hydrogen-bond donors (Lipinski definition) is 2. The van der Waals surface area contributed by atoms with Crippen LogP contribution in [0.4, 0.5) is 10.1 Å². The Bertz CT molecular complexity index is 380. The van der Waals surface area contributed by atoms with Gasteiger partial charge in [-0.15, -0.1) is 0 Å². The van der Waals surface area contributed by atoms with Gasteiger partial charge < -0.3 is 5.73 Å². The van der Waals surface area contributed by atoms with Crippen LogP contribution in [0.15, 0.2) is 30.1 Å². The number of allylic oxidation sites excluding steroid dienone is 1. The van der Waals surface area contributed by atoms with Gasteiger partial charge in [0.05, 0.1) is 11.4 Å². The second kappa shape index (κ2) is 7.92. The monoisotopic (exact) mass is 259 g/mol. The van der Waals surface area contributed by atoms with Crippen molar-refractivity contribution < 1.29 is 4.39 Å². The minimum atomic E-state index is -0.722. The lowest BCUT2D eigenvalue weighted by Gasteiger charge is -2.17. The SMILES string of the molecule is CC.Cc1cc(Cl)ccc1N(N)/C=C(\N)CF. The van der Waals surface area contributed by atoms with Crippen molar-refractivity contribution in [3.05, 3.63) is 40.7 Å². The Balaban J connectivity index is 0.00000121. The van der Waals surface area contributed by atoms with Crippen LogP contribution >= 0.6 is 11.6 Å². The van der Waals surface area contributed by atoms with Crippen LogP contribution in [0.2, 0.25) is 5.02 Å². The molecule has 0 heterocycles. The minimum absolute atomic E-state index is 0.0758. The molecule has 0 saturated carbocycles. The number of halogens is 2. The van der Waals surface area contributed by atoms with Crippen LogP contribution in [-0.4, -0.2) is 6.67 Å². The van der Waals surface area contributed by atoms with Crippen molar-refractivity contribution in [3.8, 4) is 0 Å². The van der Waals surface area contributed by atoms with Crippen LogP contribution in [0.3, 0.4) is 0 Å². The molecule has 0 unspecified atom stereocenters. The van der Waals surface area contributed by atoms with E-state index in [2.05, 4.69) is 0 Å². The van der Waals surface area contributed by atoms with Crippen molar-refractivity contribution in [3.63, 3.8) is 0 Å². The highest BCUT2D eigenvalue weighted by Gasteiger charge is 2.03. The van der Waals surface area contributed by atoms with Crippen molar-refractivity contribution in [2.24, 2.45) is 11.6 Å². The molecule has 0 amide bonds. The first-order chi connectivity index (χ1) is 8.04. The Labute approximate surface area is 107 Å². The van der Waals surface area contributed by atoms with Crippen molar-refractivity contribution in [2.45, 2.75) is 20.8 Å². The molecule has 0 aliphatic heterocycles. The molecule has 0 spiro atoms. The predicted octanol–water partition coefficient (Wildman–Crippen LogP) is 3.12. The zero-order valence-corrected chi connectivity index (χ0v) is 11.1. The van der Waals surface area contributed by atoms with Crippen molar-refractivity contribution in [2.75, 3.05) is 11.7 Å². The van der Waals surface area contributed by atoms with Gasteiger partial charge in [0.15, 0.2) is 0 Å². The van der Waals surface area contributed by atoms with E-state index < -0.39 is 6.67 Å². The molecule has 0 aromatic heterocycles. The quantitative estimate of drug-likeness (QED) is 0.648. The molecule has 17 heavy (non-hydrogen) atoms. The van der Waals surface area contributed by atoms with Gasteiger partial charge in [0, 0.05) is 11.2 Å². The number of rotatable bonds is 3. The molecule has 3 nitrogen and oxygen atoms in total. The molecule has 5 heteroatoms. The summed E-state index contributed by atoms with van der Waals surface area (Å²) in [5.74, 6) is 5.69. The third-order valence-corrected chi connectivity index (χ3v) is 2.13. The van der Waals surface area contributed by atoms with E-state index >= 15 is 0 Å². The lowest BCUT2D eigenvalue weighted by atomic mass is 10.2. The molecule has 1 rings (SSSR count). The van der Waals surface area contributed by atoms with Gasteiger partial charge >= 0.3 is 0 Å². The molecular formula is C12H19ClFN3. The van der Waals surface area contributed by atoms with E-state index in [1.807, 2.05) is 20.8 Å². The molecule has 96 valence electrons. The maximum Gasteiger partial charge on any atom is 0.130 e. The van der Waals surface area contributed by atoms with Crippen molar-refractivity contribution in [1.29, 1.82) is 0 Å². The number of hydrazine groups is 1. The number of nitrogens with two attached hydrogens (primary N) is 2. The van der Waals surface area contributed by atoms with E-state index in [0.717, 1.165) is 11.3 Å². The fraction of sp³-hybridized carbons (Fsp3) is 0.333. The largest absolute Gasteiger partial charge is 0.399 e. The zero-order valence-electron chi connectivity index (χ0n) is 10.4. The third kappa shape index (κ3) is 5.06. The highest BCUT2D eigenvalue weighted by molar-refractivity contribution is 6.30. The van der Waals surface area contributed by atoms with Crippen molar-refractivity contribution in [1.82, 2.24) is 0 Å². The summed E-state index contributed by atoms with van der Waals surface area (Å²) >= 11 is 5.80. The van der Waals surface area contributed by atoms with Crippen LogP contribution < -0.4 is 16.6 Å². The Morgan fingerprint density at radius 2 is 2.06 bits per heavy atom. The van der Waals surface area contributed by atoms with Gasteiger partial charge in [-0.2, -0.15) is 0 Å². The Morgan fingerprint density at radius 3 is 2.53 bits per heavy atom. The maximum atomic E-state index is 12.1. The Morgan fingerprint density at radius 1 is 1.47 bits per heavy atom. The van der Waals surface area contributed by atoms with E-state index in [0.29, 0.717) is 5.02 Å². The first-order valence-corrected chi connectivity index (χ1v) is 5.74. The van der Waals surface area contributed by atoms with Gasteiger partial charge in [0.1, 0.15) is 6.67 Å². The first-order valence-electron chi connectivity index (χ1n) is 5.37. The van der Waals surface area contributed by atoms with Crippen LogP contribution in [-0.2, 0) is 0 Å². The summed E-state index contributed by atoms with van der Waals surface area (Å²) in [4.78, 5) is 0. The molecule has 1 aromatic rings. The molecule has 0 atom stereocenters. The van der Waals surface area contributed by atoms with E-state index in [1.54, 1.807) is 18.2 Å². The molecule has 0 aliphatic rings. The summed E-state index contributed by atoms with van der Waals surface area (Å²) in [6.45, 7) is 5.14. The molecule has 0 saturated heterocycles. The number of alkyl halides is 1. The molecule has 0 aliphatic carbocycles. The van der Waals surface area contributed by atoms with E-state index in [9.17, 15) is 4.39 Å². The zero-order chi connectivity index (χ0) is 13.4. The van der Waals surface area contributed by atoms with Gasteiger partial charge in [-0.05, 0) is 30.7 Å². The third-order valence-electron chi connectivity index (χ3n) is 1.90. The number of nitrogens with zero attached hydrogens (tertiary/aromatic N) is 1. The van der Waals surface area contributed by atoms with Gasteiger partial charge in [-0.3, -0.25) is 5.01 Å². The number of aryl methyl sites for hydroxylation is 1. The normalized spacial score (nSPS) is 10.6. The lowest BCUT2D eigenvalue weighted by molar-refractivity contribution is 0.538. The number of hydrogen-bond acceptors (Lipinski definition) is 3. The van der Waals surface area contributed by atoms with Gasteiger partial charge in [-0.1, -0.05) is 25.4 Å². The molecule has 4 N–H and O–H groups in total. The molecule has 0 radical (unpaired) electrons. The second-order valence-electron chi connectivity index (χ2n) is 3.18. The van der Waals surface area contributed by atoms with Gasteiger partial charge in [0.2, 0.25) is 0 Å². The van der Waals surface area contributed by atoms with E-state index in [-0.39, 0.29) is 5.70 Å². The van der Waals surface area contributed by atoms with Gasteiger partial charge in [0.25, 0.3) is 0 Å². The first kappa shape index (κ1) is 15.7. The van der Waals surface area contributed by atoms with Gasteiger partial charge in [-0.25, -0.2) is 10.2 Å². The smallest absolute Gasteiger partial charge is 0.130 e. The molecule has 1 aromatic carbocycles. The molecule has 0 bridgehead atoms. The number of anilines is 1. The Kier molecular flexibility index (Phi) is 7.34. The average Bonchev–Trinajstić information content (AvgIpc) is 2.31. The van der Waals surface area contributed by atoms with Crippen LogP contribution in [0, 0.1) is 6.92 Å². The maximum absolute atomic E-state index is 12.1. The summed E-state index contributed by atoms with van der Waals surface area (Å²) in [6.07, 6.45) is 1.34. The fourth-order valence-electron chi connectivity index (χ4n) is 1.19. The Hall–Kier alpha value is -1.26. The summed E-state index contributed by atoms with van der Waals surface area (Å²) in [5, 5.41) is 1.91. The summed E-state index contributed by atoms with van der Waals surface area (Å²) in [6, 6.07) is 5.24. The second-order valence-corrected chi connectivity index (χ2v) is 3.61. The van der Waals surface area contributed by atoms with Crippen LogP contribution in [0.25, 0.3) is 0 Å². The topological polar surface area (TPSA) is 55.3 Å². The highest BCUT2D eigenvalue weighted by Crippen LogP contribution is 2.21. The fourth-order valence-corrected chi connectivity index (χ4v) is 1.42. The lowest BCUT2D eigenvalue weighted by Crippen LogP contribution is -2.27. The summed E-state index contributed by atoms with van der Waals surface area (Å²) in [5.41, 5.74) is 7.03. The van der Waals surface area contributed by atoms with Crippen LogP contribution in [0.5, 0.6) is 0 Å². The summed E-state index contributed by atoms with van der Waals surface area (Å²) < 4.78 is 12.1. The van der Waals surface area contributed by atoms with Crippen LogP contribution in [0.1, 0.15) is 19.4 Å². The average molecular weight is 260 g/mol. The summed E-state index contributed by atoms with van der Waals surface area (Å²) in [7, 11) is 0.